The van der Waals surface area contributed by atoms with Crippen LogP contribution in [0.25, 0.3) is 10.9 Å². The highest BCUT2D eigenvalue weighted by Gasteiger charge is 2.11. The van der Waals surface area contributed by atoms with Gasteiger partial charge in [0.1, 0.15) is 0 Å². The standard InChI is InChI=1S/C27H32N2O/c1-21-9-5-6-12-23(21)19-29-20-24(25-13-7-8-14-26(25)29)15-16-27(30)28-18-17-22-10-3-2-4-11-22/h5-10,12-14,20H,2-4,11,15-19H2,1H3,(H,28,30). The Bertz CT molecular complexity index is 1040. The molecule has 0 bridgehead atoms. The smallest absolute Gasteiger partial charge is 0.220 e. The summed E-state index contributed by atoms with van der Waals surface area (Å²) in [4.78, 5) is 12.4. The van der Waals surface area contributed by atoms with E-state index in [0.29, 0.717) is 6.42 Å². The second-order valence-electron chi connectivity index (χ2n) is 8.43. The van der Waals surface area contributed by atoms with Crippen molar-refractivity contribution >= 4 is 16.8 Å². The van der Waals surface area contributed by atoms with Crippen LogP contribution in [0.5, 0.6) is 0 Å². The molecule has 1 aliphatic carbocycles. The quantitative estimate of drug-likeness (QED) is 0.467. The van der Waals surface area contributed by atoms with E-state index in [2.05, 4.69) is 77.6 Å². The number of hydrogen-bond donors (Lipinski definition) is 1. The van der Waals surface area contributed by atoms with Crippen molar-refractivity contribution in [1.29, 1.82) is 0 Å². The molecule has 0 fully saturated rings. The molecule has 0 saturated heterocycles. The van der Waals surface area contributed by atoms with Crippen molar-refractivity contribution in [1.82, 2.24) is 9.88 Å². The fourth-order valence-electron chi connectivity index (χ4n) is 4.45. The highest BCUT2D eigenvalue weighted by Crippen LogP contribution is 2.24. The lowest BCUT2D eigenvalue weighted by molar-refractivity contribution is -0.121. The number of para-hydroxylation sites is 1. The molecule has 156 valence electrons. The molecule has 3 aromatic rings. The van der Waals surface area contributed by atoms with E-state index in [4.69, 9.17) is 0 Å². The maximum Gasteiger partial charge on any atom is 0.220 e. The summed E-state index contributed by atoms with van der Waals surface area (Å²) in [5.41, 5.74) is 6.65. The van der Waals surface area contributed by atoms with E-state index in [0.717, 1.165) is 25.9 Å². The van der Waals surface area contributed by atoms with Gasteiger partial charge in [-0.25, -0.2) is 0 Å². The van der Waals surface area contributed by atoms with Crippen LogP contribution in [0.15, 0.2) is 66.4 Å². The number of benzene rings is 2. The highest BCUT2D eigenvalue weighted by molar-refractivity contribution is 5.85. The van der Waals surface area contributed by atoms with Gasteiger partial charge >= 0.3 is 0 Å². The third kappa shape index (κ3) is 5.02. The van der Waals surface area contributed by atoms with Crippen molar-refractivity contribution in [2.45, 2.75) is 58.4 Å². The van der Waals surface area contributed by atoms with Crippen molar-refractivity contribution in [2.24, 2.45) is 0 Å². The Balaban J connectivity index is 1.38. The number of fused-ring (bicyclic) bond motifs is 1. The number of nitrogens with one attached hydrogen (secondary N) is 1. The van der Waals surface area contributed by atoms with E-state index in [9.17, 15) is 4.79 Å². The van der Waals surface area contributed by atoms with Gasteiger partial charge in [0.25, 0.3) is 0 Å². The summed E-state index contributed by atoms with van der Waals surface area (Å²) in [7, 11) is 0. The predicted molar refractivity (Wildman–Crippen MR) is 125 cm³/mol. The lowest BCUT2D eigenvalue weighted by atomic mass is 9.97. The number of hydrogen-bond acceptors (Lipinski definition) is 1. The summed E-state index contributed by atoms with van der Waals surface area (Å²) in [6, 6.07) is 17.1. The van der Waals surface area contributed by atoms with Gasteiger partial charge in [-0.1, -0.05) is 54.1 Å². The van der Waals surface area contributed by atoms with E-state index in [-0.39, 0.29) is 5.91 Å². The molecule has 1 heterocycles. The van der Waals surface area contributed by atoms with Gasteiger partial charge in [0.15, 0.2) is 0 Å². The summed E-state index contributed by atoms with van der Waals surface area (Å²) in [6.45, 7) is 3.78. The molecule has 0 unspecified atom stereocenters. The van der Waals surface area contributed by atoms with Crippen LogP contribution in [-0.2, 0) is 17.8 Å². The molecule has 0 radical (unpaired) electrons. The summed E-state index contributed by atoms with van der Waals surface area (Å²) < 4.78 is 2.32. The molecule has 0 atom stereocenters. The number of carbonyl (C=O) groups is 1. The molecule has 2 aromatic carbocycles. The number of nitrogens with zero attached hydrogens (tertiary/aromatic N) is 1. The van der Waals surface area contributed by atoms with E-state index >= 15 is 0 Å². The van der Waals surface area contributed by atoms with Crippen LogP contribution in [0.1, 0.15) is 55.2 Å². The van der Waals surface area contributed by atoms with Crippen molar-refractivity contribution in [3.63, 3.8) is 0 Å². The Morgan fingerprint density at radius 2 is 1.83 bits per heavy atom. The summed E-state index contributed by atoms with van der Waals surface area (Å²) >= 11 is 0. The Kier molecular flexibility index (Phi) is 6.68. The van der Waals surface area contributed by atoms with Gasteiger partial charge < -0.3 is 9.88 Å². The number of carbonyl (C=O) groups excluding carboxylic acids is 1. The van der Waals surface area contributed by atoms with Crippen LogP contribution in [-0.4, -0.2) is 17.0 Å². The number of aromatic nitrogens is 1. The van der Waals surface area contributed by atoms with Crippen LogP contribution in [0.4, 0.5) is 0 Å². The number of rotatable bonds is 8. The third-order valence-electron chi connectivity index (χ3n) is 6.25. The predicted octanol–water partition coefficient (Wildman–Crippen LogP) is 5.94. The van der Waals surface area contributed by atoms with Crippen LogP contribution in [0, 0.1) is 6.92 Å². The Hall–Kier alpha value is -2.81. The first-order chi connectivity index (χ1) is 14.7. The number of aryl methyl sites for hydroxylation is 2. The molecule has 1 amide bonds. The molecule has 0 aliphatic heterocycles. The molecule has 1 N–H and O–H groups in total. The first-order valence-electron chi connectivity index (χ1n) is 11.3. The monoisotopic (exact) mass is 400 g/mol. The maximum absolute atomic E-state index is 12.4. The highest BCUT2D eigenvalue weighted by atomic mass is 16.1. The molecule has 30 heavy (non-hydrogen) atoms. The van der Waals surface area contributed by atoms with Crippen LogP contribution >= 0.6 is 0 Å². The lowest BCUT2D eigenvalue weighted by Crippen LogP contribution is -2.25. The molecular formula is C27H32N2O. The zero-order valence-corrected chi connectivity index (χ0v) is 18.0. The van der Waals surface area contributed by atoms with Crippen LogP contribution in [0.3, 0.4) is 0 Å². The van der Waals surface area contributed by atoms with E-state index in [1.165, 1.54) is 58.8 Å². The molecule has 1 aromatic heterocycles. The van der Waals surface area contributed by atoms with Gasteiger partial charge in [0.2, 0.25) is 5.91 Å². The Labute approximate surface area is 179 Å². The molecule has 1 aliphatic rings. The lowest BCUT2D eigenvalue weighted by Gasteiger charge is -2.12. The van der Waals surface area contributed by atoms with Crippen molar-refractivity contribution in [2.75, 3.05) is 6.54 Å². The molecular weight excluding hydrogens is 368 g/mol. The van der Waals surface area contributed by atoms with Crippen LogP contribution in [0.2, 0.25) is 0 Å². The number of allylic oxidation sites excluding steroid dienone is 1. The minimum Gasteiger partial charge on any atom is -0.356 e. The Morgan fingerprint density at radius 3 is 2.67 bits per heavy atom. The number of amides is 1. The first-order valence-corrected chi connectivity index (χ1v) is 11.3. The molecule has 3 heteroatoms. The summed E-state index contributed by atoms with van der Waals surface area (Å²) in [5, 5.41) is 4.37. The summed E-state index contributed by atoms with van der Waals surface area (Å²) in [5.74, 6) is 0.155. The molecule has 3 nitrogen and oxygen atoms in total. The summed E-state index contributed by atoms with van der Waals surface area (Å²) in [6.07, 6.45) is 11.9. The Morgan fingerprint density at radius 1 is 1.00 bits per heavy atom. The van der Waals surface area contributed by atoms with Gasteiger partial charge in [0.05, 0.1) is 0 Å². The average Bonchev–Trinajstić information content (AvgIpc) is 3.12. The maximum atomic E-state index is 12.4. The molecule has 0 spiro atoms. The third-order valence-corrected chi connectivity index (χ3v) is 6.25. The second kappa shape index (κ2) is 9.80. The van der Waals surface area contributed by atoms with Gasteiger partial charge in [-0.2, -0.15) is 0 Å². The molecule has 4 rings (SSSR count). The van der Waals surface area contributed by atoms with E-state index < -0.39 is 0 Å². The minimum atomic E-state index is 0.155. The topological polar surface area (TPSA) is 34.0 Å². The fraction of sp³-hybridized carbons (Fsp3) is 0.370. The van der Waals surface area contributed by atoms with Gasteiger partial charge in [-0.15, -0.1) is 0 Å². The van der Waals surface area contributed by atoms with Gasteiger partial charge in [-0.3, -0.25) is 4.79 Å². The second-order valence-corrected chi connectivity index (χ2v) is 8.43. The fourth-order valence-corrected chi connectivity index (χ4v) is 4.45. The van der Waals surface area contributed by atoms with Crippen molar-refractivity contribution in [3.05, 3.63) is 83.1 Å². The SMILES string of the molecule is Cc1ccccc1Cn1cc(CCC(=O)NCCC2=CCCCC2)c2ccccc21. The zero-order valence-electron chi connectivity index (χ0n) is 18.0. The minimum absolute atomic E-state index is 0.155. The zero-order chi connectivity index (χ0) is 20.8. The normalized spacial score (nSPS) is 14.0. The van der Waals surface area contributed by atoms with Crippen LogP contribution < -0.4 is 5.32 Å². The largest absolute Gasteiger partial charge is 0.356 e. The molecule has 0 saturated carbocycles. The van der Waals surface area contributed by atoms with Gasteiger partial charge in [0, 0.05) is 36.6 Å². The van der Waals surface area contributed by atoms with Gasteiger partial charge in [-0.05, 0) is 68.2 Å². The van der Waals surface area contributed by atoms with Crippen molar-refractivity contribution in [3.8, 4) is 0 Å². The van der Waals surface area contributed by atoms with Crippen molar-refractivity contribution < 1.29 is 4.79 Å². The first kappa shape index (κ1) is 20.5. The van der Waals surface area contributed by atoms with E-state index in [1.807, 2.05) is 0 Å². The average molecular weight is 401 g/mol. The van der Waals surface area contributed by atoms with E-state index in [1.54, 1.807) is 0 Å².